The van der Waals surface area contributed by atoms with Crippen LogP contribution >= 0.6 is 0 Å². The standard InChI is InChI=1S/C10H22N2O3S/c1-11-5-3-10(13)7-12(2)9-4-6-16(14,15)8-9/h9-11,13H,3-8H2,1-2H3. The molecule has 2 N–H and O–H groups in total. The number of likely N-dealkylation sites (N-methyl/N-ethyl adjacent to an activating group) is 1. The van der Waals surface area contributed by atoms with Crippen molar-refractivity contribution >= 4 is 9.84 Å². The van der Waals surface area contributed by atoms with E-state index in [1.807, 2.05) is 19.0 Å². The van der Waals surface area contributed by atoms with E-state index in [4.69, 9.17) is 0 Å². The van der Waals surface area contributed by atoms with Crippen molar-refractivity contribution in [1.82, 2.24) is 10.2 Å². The van der Waals surface area contributed by atoms with Gasteiger partial charge in [-0.25, -0.2) is 8.42 Å². The molecule has 1 aliphatic rings. The van der Waals surface area contributed by atoms with E-state index in [1.165, 1.54) is 0 Å². The third-order valence-electron chi connectivity index (χ3n) is 3.06. The molecule has 0 bridgehead atoms. The minimum absolute atomic E-state index is 0.0780. The molecule has 0 aliphatic carbocycles. The summed E-state index contributed by atoms with van der Waals surface area (Å²) in [6.07, 6.45) is 0.999. The Morgan fingerprint density at radius 1 is 1.56 bits per heavy atom. The summed E-state index contributed by atoms with van der Waals surface area (Å²) in [6.45, 7) is 1.32. The van der Waals surface area contributed by atoms with Gasteiger partial charge in [0.05, 0.1) is 17.6 Å². The van der Waals surface area contributed by atoms with Gasteiger partial charge in [0, 0.05) is 12.6 Å². The molecule has 0 aromatic carbocycles. The first-order valence-electron chi connectivity index (χ1n) is 5.68. The maximum absolute atomic E-state index is 11.3. The fraction of sp³-hybridized carbons (Fsp3) is 1.00. The van der Waals surface area contributed by atoms with Crippen molar-refractivity contribution in [1.29, 1.82) is 0 Å². The van der Waals surface area contributed by atoms with Crippen molar-refractivity contribution in [2.45, 2.75) is 25.0 Å². The molecule has 1 heterocycles. The molecule has 2 atom stereocenters. The average Bonchev–Trinajstić information content (AvgIpc) is 2.56. The van der Waals surface area contributed by atoms with Crippen LogP contribution in [0.2, 0.25) is 0 Å². The van der Waals surface area contributed by atoms with Crippen LogP contribution in [0.25, 0.3) is 0 Å². The molecule has 1 aliphatic heterocycles. The van der Waals surface area contributed by atoms with Gasteiger partial charge in [0.2, 0.25) is 0 Å². The summed E-state index contributed by atoms with van der Waals surface area (Å²) in [5.41, 5.74) is 0. The molecule has 0 spiro atoms. The number of nitrogens with one attached hydrogen (secondary N) is 1. The van der Waals surface area contributed by atoms with E-state index in [-0.39, 0.29) is 23.7 Å². The zero-order valence-electron chi connectivity index (χ0n) is 10.0. The number of sulfone groups is 1. The predicted octanol–water partition coefficient (Wildman–Crippen LogP) is -0.924. The third kappa shape index (κ3) is 4.37. The smallest absolute Gasteiger partial charge is 0.151 e. The highest BCUT2D eigenvalue weighted by Gasteiger charge is 2.31. The SMILES string of the molecule is CNCCC(O)CN(C)C1CCS(=O)(=O)C1. The van der Waals surface area contributed by atoms with Crippen LogP contribution < -0.4 is 5.32 Å². The fourth-order valence-corrected chi connectivity index (χ4v) is 3.81. The summed E-state index contributed by atoms with van der Waals surface area (Å²) in [5, 5.41) is 12.7. The molecular weight excluding hydrogens is 228 g/mol. The molecule has 0 aromatic rings. The number of aliphatic hydroxyl groups excluding tert-OH is 1. The van der Waals surface area contributed by atoms with Gasteiger partial charge in [0.1, 0.15) is 0 Å². The summed E-state index contributed by atoms with van der Waals surface area (Å²) in [4.78, 5) is 1.96. The largest absolute Gasteiger partial charge is 0.392 e. The summed E-state index contributed by atoms with van der Waals surface area (Å²) >= 11 is 0. The molecule has 1 fully saturated rings. The van der Waals surface area contributed by atoms with Gasteiger partial charge in [0.15, 0.2) is 9.84 Å². The van der Waals surface area contributed by atoms with E-state index in [2.05, 4.69) is 5.32 Å². The second-order valence-electron chi connectivity index (χ2n) is 4.54. The number of aliphatic hydroxyl groups is 1. The van der Waals surface area contributed by atoms with Crippen LogP contribution in [0.15, 0.2) is 0 Å². The maximum Gasteiger partial charge on any atom is 0.151 e. The second-order valence-corrected chi connectivity index (χ2v) is 6.77. The van der Waals surface area contributed by atoms with Gasteiger partial charge >= 0.3 is 0 Å². The van der Waals surface area contributed by atoms with Crippen LogP contribution in [0, 0.1) is 0 Å². The molecule has 1 saturated heterocycles. The topological polar surface area (TPSA) is 69.6 Å². The van der Waals surface area contributed by atoms with Gasteiger partial charge in [0.25, 0.3) is 0 Å². The number of nitrogens with zero attached hydrogens (tertiary/aromatic N) is 1. The van der Waals surface area contributed by atoms with Crippen LogP contribution in [0.3, 0.4) is 0 Å². The Hall–Kier alpha value is -0.170. The van der Waals surface area contributed by atoms with Crippen molar-refractivity contribution in [2.24, 2.45) is 0 Å². The van der Waals surface area contributed by atoms with Crippen molar-refractivity contribution < 1.29 is 13.5 Å². The molecule has 0 amide bonds. The van der Waals surface area contributed by atoms with E-state index in [9.17, 15) is 13.5 Å². The minimum Gasteiger partial charge on any atom is -0.392 e. The van der Waals surface area contributed by atoms with Gasteiger partial charge in [-0.2, -0.15) is 0 Å². The molecule has 0 radical (unpaired) electrons. The maximum atomic E-state index is 11.3. The van der Waals surface area contributed by atoms with Gasteiger partial charge in [-0.05, 0) is 33.5 Å². The van der Waals surface area contributed by atoms with Gasteiger partial charge in [-0.15, -0.1) is 0 Å². The van der Waals surface area contributed by atoms with Crippen LogP contribution in [0.5, 0.6) is 0 Å². The lowest BCUT2D eigenvalue weighted by Gasteiger charge is -2.25. The Morgan fingerprint density at radius 2 is 2.25 bits per heavy atom. The van der Waals surface area contributed by atoms with Crippen molar-refractivity contribution in [2.75, 3.05) is 38.7 Å². The fourth-order valence-electron chi connectivity index (χ4n) is 2.01. The quantitative estimate of drug-likeness (QED) is 0.638. The summed E-state index contributed by atoms with van der Waals surface area (Å²) < 4.78 is 22.6. The van der Waals surface area contributed by atoms with Gasteiger partial charge in [-0.3, -0.25) is 4.90 Å². The minimum atomic E-state index is -2.83. The molecule has 0 aromatic heterocycles. The van der Waals surface area contributed by atoms with E-state index in [1.54, 1.807) is 0 Å². The Labute approximate surface area is 97.7 Å². The first-order valence-corrected chi connectivity index (χ1v) is 7.50. The van der Waals surface area contributed by atoms with Crippen LogP contribution in [-0.4, -0.2) is 69.3 Å². The summed E-state index contributed by atoms with van der Waals surface area (Å²) in [5.74, 6) is 0.525. The normalized spacial score (nSPS) is 26.1. The number of hydrogen-bond acceptors (Lipinski definition) is 5. The number of hydrogen-bond donors (Lipinski definition) is 2. The van der Waals surface area contributed by atoms with E-state index in [0.29, 0.717) is 19.4 Å². The Balaban J connectivity index is 2.33. The molecular formula is C10H22N2O3S. The molecule has 6 heteroatoms. The van der Waals surface area contributed by atoms with Crippen LogP contribution in [-0.2, 0) is 9.84 Å². The summed E-state index contributed by atoms with van der Waals surface area (Å²) in [6, 6.07) is 0.0780. The lowest BCUT2D eigenvalue weighted by molar-refractivity contribution is 0.103. The van der Waals surface area contributed by atoms with Crippen LogP contribution in [0.1, 0.15) is 12.8 Å². The Morgan fingerprint density at radius 3 is 2.75 bits per heavy atom. The van der Waals surface area contributed by atoms with E-state index in [0.717, 1.165) is 6.54 Å². The molecule has 0 saturated carbocycles. The lowest BCUT2D eigenvalue weighted by Crippen LogP contribution is -2.39. The van der Waals surface area contributed by atoms with Gasteiger partial charge < -0.3 is 10.4 Å². The summed E-state index contributed by atoms with van der Waals surface area (Å²) in [7, 11) is 0.901. The van der Waals surface area contributed by atoms with E-state index < -0.39 is 9.84 Å². The van der Waals surface area contributed by atoms with Crippen molar-refractivity contribution in [3.05, 3.63) is 0 Å². The molecule has 2 unspecified atom stereocenters. The first kappa shape index (κ1) is 13.9. The lowest BCUT2D eigenvalue weighted by atomic mass is 10.2. The molecule has 1 rings (SSSR count). The molecule has 5 nitrogen and oxygen atoms in total. The number of rotatable bonds is 6. The molecule has 96 valence electrons. The van der Waals surface area contributed by atoms with E-state index >= 15 is 0 Å². The highest BCUT2D eigenvalue weighted by molar-refractivity contribution is 7.91. The van der Waals surface area contributed by atoms with Gasteiger partial charge in [-0.1, -0.05) is 0 Å². The third-order valence-corrected chi connectivity index (χ3v) is 4.81. The average molecular weight is 250 g/mol. The monoisotopic (exact) mass is 250 g/mol. The molecule has 16 heavy (non-hydrogen) atoms. The van der Waals surface area contributed by atoms with Crippen molar-refractivity contribution in [3.63, 3.8) is 0 Å². The Kier molecular flexibility index (Phi) is 5.17. The Bertz CT molecular complexity index is 305. The predicted molar refractivity (Wildman–Crippen MR) is 64.2 cm³/mol. The van der Waals surface area contributed by atoms with Crippen LogP contribution in [0.4, 0.5) is 0 Å². The van der Waals surface area contributed by atoms with Crippen molar-refractivity contribution in [3.8, 4) is 0 Å². The second kappa shape index (κ2) is 5.95. The first-order chi connectivity index (χ1) is 7.44. The highest BCUT2D eigenvalue weighted by atomic mass is 32.2. The zero-order chi connectivity index (χ0) is 12.2. The highest BCUT2D eigenvalue weighted by Crippen LogP contribution is 2.16. The zero-order valence-corrected chi connectivity index (χ0v) is 10.8.